The molecular weight excluding hydrogens is 460 g/mol. The van der Waals surface area contributed by atoms with E-state index in [-0.39, 0.29) is 11.6 Å². The number of para-hydroxylation sites is 1. The summed E-state index contributed by atoms with van der Waals surface area (Å²) in [6.45, 7) is 0.794. The molecule has 0 bridgehead atoms. The molecule has 9 nitrogen and oxygen atoms in total. The Labute approximate surface area is 184 Å². The molecule has 0 amide bonds. The number of hydrogen-bond donors (Lipinski definition) is 1. The summed E-state index contributed by atoms with van der Waals surface area (Å²) < 4.78 is 4.12. The highest BCUT2D eigenvalue weighted by Gasteiger charge is 2.34. The topological polar surface area (TPSA) is 97.0 Å². The fraction of sp³-hybridized carbons (Fsp3) is 0.190. The summed E-state index contributed by atoms with van der Waals surface area (Å²) in [5.41, 5.74) is 1.84. The normalized spacial score (nSPS) is 16.5. The SMILES string of the molecule is O=c1c2cccn2nc([C@@H]2CCCN2c2ncnc3n[nH]c(Br)c23)n1-c1ccccc1. The molecule has 1 aliphatic rings. The Hall–Kier alpha value is -3.53. The third-order valence-electron chi connectivity index (χ3n) is 5.71. The van der Waals surface area contributed by atoms with Gasteiger partial charge in [-0.3, -0.25) is 14.5 Å². The molecule has 5 heterocycles. The Balaban J connectivity index is 1.59. The second kappa shape index (κ2) is 7.02. The third-order valence-corrected chi connectivity index (χ3v) is 6.29. The first-order valence-electron chi connectivity index (χ1n) is 9.99. The number of H-pyrrole nitrogens is 1. The Morgan fingerprint density at radius 2 is 1.97 bits per heavy atom. The molecule has 5 aromatic rings. The predicted octanol–water partition coefficient (Wildman–Crippen LogP) is 3.26. The molecule has 0 unspecified atom stereocenters. The Morgan fingerprint density at radius 3 is 2.84 bits per heavy atom. The first-order valence-corrected chi connectivity index (χ1v) is 10.8. The van der Waals surface area contributed by atoms with Crippen LogP contribution in [0.15, 0.2) is 64.4 Å². The van der Waals surface area contributed by atoms with Crippen LogP contribution in [0, 0.1) is 0 Å². The van der Waals surface area contributed by atoms with E-state index < -0.39 is 0 Å². The lowest BCUT2D eigenvalue weighted by Crippen LogP contribution is -2.33. The van der Waals surface area contributed by atoms with Crippen LogP contribution in [0.3, 0.4) is 0 Å². The number of fused-ring (bicyclic) bond motifs is 2. The lowest BCUT2D eigenvalue weighted by molar-refractivity contribution is 0.602. The molecule has 1 atom stereocenters. The Kier molecular flexibility index (Phi) is 4.13. The van der Waals surface area contributed by atoms with Crippen LogP contribution in [0.25, 0.3) is 22.2 Å². The van der Waals surface area contributed by atoms with Gasteiger partial charge in [0.15, 0.2) is 11.5 Å². The van der Waals surface area contributed by atoms with Crippen molar-refractivity contribution in [3.05, 3.63) is 75.8 Å². The number of anilines is 1. The molecule has 0 radical (unpaired) electrons. The quantitative estimate of drug-likeness (QED) is 0.429. The number of nitrogens with one attached hydrogen (secondary N) is 1. The van der Waals surface area contributed by atoms with Crippen LogP contribution >= 0.6 is 15.9 Å². The van der Waals surface area contributed by atoms with Crippen molar-refractivity contribution in [1.82, 2.24) is 34.3 Å². The third kappa shape index (κ3) is 2.78. The molecule has 1 aromatic carbocycles. The maximum atomic E-state index is 13.5. The zero-order valence-corrected chi connectivity index (χ0v) is 17.9. The lowest BCUT2D eigenvalue weighted by atomic mass is 10.2. The van der Waals surface area contributed by atoms with Gasteiger partial charge in [-0.05, 0) is 53.0 Å². The second-order valence-electron chi connectivity index (χ2n) is 7.46. The van der Waals surface area contributed by atoms with Crippen LogP contribution < -0.4 is 10.5 Å². The maximum Gasteiger partial charge on any atom is 0.282 e. The minimum absolute atomic E-state index is 0.0922. The van der Waals surface area contributed by atoms with Gasteiger partial charge < -0.3 is 4.90 Å². The highest BCUT2D eigenvalue weighted by Crippen LogP contribution is 2.38. The summed E-state index contributed by atoms with van der Waals surface area (Å²) in [7, 11) is 0. The summed E-state index contributed by atoms with van der Waals surface area (Å²) in [5, 5.41) is 12.9. The van der Waals surface area contributed by atoms with Gasteiger partial charge >= 0.3 is 0 Å². The molecule has 1 saturated heterocycles. The molecule has 31 heavy (non-hydrogen) atoms. The van der Waals surface area contributed by atoms with Crippen molar-refractivity contribution in [3.8, 4) is 5.69 Å². The molecule has 0 aliphatic carbocycles. The zero-order chi connectivity index (χ0) is 20.9. The highest BCUT2D eigenvalue weighted by molar-refractivity contribution is 9.10. The molecule has 154 valence electrons. The van der Waals surface area contributed by atoms with E-state index in [1.807, 2.05) is 42.6 Å². The first-order chi connectivity index (χ1) is 15.2. The van der Waals surface area contributed by atoms with Gasteiger partial charge in [0.25, 0.3) is 5.56 Å². The minimum atomic E-state index is -0.125. The largest absolute Gasteiger partial charge is 0.346 e. The molecule has 1 N–H and O–H groups in total. The summed E-state index contributed by atoms with van der Waals surface area (Å²) in [4.78, 5) is 24.5. The van der Waals surface area contributed by atoms with E-state index in [1.165, 1.54) is 6.33 Å². The van der Waals surface area contributed by atoms with E-state index in [1.54, 1.807) is 15.1 Å². The molecule has 10 heteroatoms. The number of nitrogens with zero attached hydrogens (tertiary/aromatic N) is 7. The number of benzene rings is 1. The Morgan fingerprint density at radius 1 is 1.10 bits per heavy atom. The number of halogens is 1. The Bertz CT molecular complexity index is 1470. The zero-order valence-electron chi connectivity index (χ0n) is 16.3. The minimum Gasteiger partial charge on any atom is -0.346 e. The van der Waals surface area contributed by atoms with Crippen molar-refractivity contribution < 1.29 is 0 Å². The van der Waals surface area contributed by atoms with E-state index >= 15 is 0 Å². The van der Waals surface area contributed by atoms with Crippen LogP contribution in [0.4, 0.5) is 5.82 Å². The van der Waals surface area contributed by atoms with Gasteiger partial charge in [0.1, 0.15) is 22.3 Å². The van der Waals surface area contributed by atoms with Crippen LogP contribution in [-0.4, -0.2) is 40.9 Å². The van der Waals surface area contributed by atoms with Crippen molar-refractivity contribution in [1.29, 1.82) is 0 Å². The van der Waals surface area contributed by atoms with Crippen molar-refractivity contribution in [3.63, 3.8) is 0 Å². The fourth-order valence-corrected chi connectivity index (χ4v) is 4.80. The fourth-order valence-electron chi connectivity index (χ4n) is 4.36. The van der Waals surface area contributed by atoms with Gasteiger partial charge in [0.05, 0.1) is 17.1 Å². The molecule has 1 fully saturated rings. The van der Waals surface area contributed by atoms with Crippen molar-refractivity contribution in [2.75, 3.05) is 11.4 Å². The van der Waals surface area contributed by atoms with Gasteiger partial charge in [-0.15, -0.1) is 0 Å². The van der Waals surface area contributed by atoms with Gasteiger partial charge in [-0.1, -0.05) is 18.2 Å². The molecule has 1 aliphatic heterocycles. The van der Waals surface area contributed by atoms with Crippen molar-refractivity contribution in [2.45, 2.75) is 18.9 Å². The maximum absolute atomic E-state index is 13.5. The summed E-state index contributed by atoms with van der Waals surface area (Å²) in [6.07, 6.45) is 5.14. The summed E-state index contributed by atoms with van der Waals surface area (Å²) >= 11 is 3.53. The van der Waals surface area contributed by atoms with Crippen molar-refractivity contribution >= 4 is 38.3 Å². The standard InChI is InChI=1S/C21H17BrN8O/c22-17-16-18(26-25-17)23-12-24-20(16)28-10-4-8-14(28)19-27-29-11-5-9-15(29)21(31)30(19)13-6-2-1-3-7-13/h1-3,5-7,9,11-12,14H,4,8,10H2,(H,23,24,25,26)/t14-/m0/s1. The number of rotatable bonds is 3. The molecular formula is C21H17BrN8O. The monoisotopic (exact) mass is 476 g/mol. The van der Waals surface area contributed by atoms with Gasteiger partial charge in [0.2, 0.25) is 0 Å². The molecule has 0 saturated carbocycles. The van der Waals surface area contributed by atoms with Crippen LogP contribution in [0.1, 0.15) is 24.7 Å². The van der Waals surface area contributed by atoms with E-state index in [0.29, 0.717) is 17.0 Å². The molecule has 0 spiro atoms. The number of hydrogen-bond acceptors (Lipinski definition) is 6. The van der Waals surface area contributed by atoms with Crippen LogP contribution in [0.2, 0.25) is 0 Å². The highest BCUT2D eigenvalue weighted by atomic mass is 79.9. The summed E-state index contributed by atoms with van der Waals surface area (Å²) in [6, 6.07) is 13.2. The molecule has 6 rings (SSSR count). The van der Waals surface area contributed by atoms with E-state index in [4.69, 9.17) is 5.10 Å². The molecule has 4 aromatic heterocycles. The van der Waals surface area contributed by atoms with Gasteiger partial charge in [-0.2, -0.15) is 10.2 Å². The van der Waals surface area contributed by atoms with E-state index in [2.05, 4.69) is 41.0 Å². The van der Waals surface area contributed by atoms with Gasteiger partial charge in [-0.25, -0.2) is 14.5 Å². The average molecular weight is 477 g/mol. The summed E-state index contributed by atoms with van der Waals surface area (Å²) in [5.74, 6) is 1.46. The second-order valence-corrected chi connectivity index (χ2v) is 8.25. The van der Waals surface area contributed by atoms with Crippen LogP contribution in [-0.2, 0) is 0 Å². The lowest BCUT2D eigenvalue weighted by Gasteiger charge is -2.27. The van der Waals surface area contributed by atoms with Crippen molar-refractivity contribution in [2.24, 2.45) is 0 Å². The number of aromatic amines is 1. The predicted molar refractivity (Wildman–Crippen MR) is 119 cm³/mol. The average Bonchev–Trinajstić information content (AvgIpc) is 3.54. The van der Waals surface area contributed by atoms with Gasteiger partial charge in [0, 0.05) is 12.7 Å². The first kappa shape index (κ1) is 18.3. The smallest absolute Gasteiger partial charge is 0.282 e. The number of aromatic nitrogens is 7. The van der Waals surface area contributed by atoms with E-state index in [0.717, 1.165) is 40.9 Å². The van der Waals surface area contributed by atoms with E-state index in [9.17, 15) is 4.79 Å². The van der Waals surface area contributed by atoms with Crippen LogP contribution in [0.5, 0.6) is 0 Å².